The Morgan fingerprint density at radius 3 is 2.59 bits per heavy atom. The molecule has 27 heavy (non-hydrogen) atoms. The van der Waals surface area contributed by atoms with Crippen molar-refractivity contribution in [2.45, 2.75) is 6.04 Å². The number of rotatable bonds is 6. The molecule has 3 rings (SSSR count). The van der Waals surface area contributed by atoms with Gasteiger partial charge in [-0.25, -0.2) is 0 Å². The summed E-state index contributed by atoms with van der Waals surface area (Å²) in [6, 6.07) is 13.3. The van der Waals surface area contributed by atoms with Crippen molar-refractivity contribution >= 4 is 23.2 Å². The van der Waals surface area contributed by atoms with Crippen LogP contribution >= 0.6 is 11.6 Å². The van der Waals surface area contributed by atoms with Gasteiger partial charge in [-0.3, -0.25) is 19.8 Å². The molecule has 1 N–H and O–H groups in total. The van der Waals surface area contributed by atoms with Gasteiger partial charge in [0.1, 0.15) is 5.56 Å². The zero-order valence-corrected chi connectivity index (χ0v) is 15.4. The number of amides is 1. The van der Waals surface area contributed by atoms with Gasteiger partial charge in [0.05, 0.1) is 24.2 Å². The second-order valence-corrected chi connectivity index (χ2v) is 6.70. The van der Waals surface area contributed by atoms with E-state index in [2.05, 4.69) is 10.2 Å². The number of nitrogens with one attached hydrogen (secondary N) is 1. The summed E-state index contributed by atoms with van der Waals surface area (Å²) >= 11 is 5.84. The van der Waals surface area contributed by atoms with Crippen LogP contribution in [0.15, 0.2) is 48.5 Å². The number of ether oxygens (including phenoxy) is 1. The molecule has 1 saturated heterocycles. The molecule has 8 heteroatoms. The van der Waals surface area contributed by atoms with E-state index in [0.29, 0.717) is 19.8 Å². The Morgan fingerprint density at radius 2 is 1.93 bits per heavy atom. The van der Waals surface area contributed by atoms with Crippen molar-refractivity contribution in [1.82, 2.24) is 10.2 Å². The van der Waals surface area contributed by atoms with Crippen LogP contribution in [0.1, 0.15) is 22.0 Å². The first kappa shape index (κ1) is 19.3. The third kappa shape index (κ3) is 5.03. The van der Waals surface area contributed by atoms with Crippen molar-refractivity contribution in [2.24, 2.45) is 0 Å². The number of morpholine rings is 1. The van der Waals surface area contributed by atoms with Crippen LogP contribution in [-0.2, 0) is 4.74 Å². The fourth-order valence-corrected chi connectivity index (χ4v) is 3.21. The third-order valence-corrected chi connectivity index (χ3v) is 4.69. The number of benzene rings is 2. The fraction of sp³-hybridized carbons (Fsp3) is 0.316. The minimum atomic E-state index is -0.597. The number of carbonyl (C=O) groups excluding carboxylic acids is 1. The summed E-state index contributed by atoms with van der Waals surface area (Å²) in [5.41, 5.74) is 0.624. The highest BCUT2D eigenvalue weighted by molar-refractivity contribution is 6.31. The second-order valence-electron chi connectivity index (χ2n) is 6.27. The van der Waals surface area contributed by atoms with E-state index < -0.39 is 10.8 Å². The lowest BCUT2D eigenvalue weighted by atomic mass is 10.0. The average molecular weight is 390 g/mol. The van der Waals surface area contributed by atoms with E-state index in [-0.39, 0.29) is 22.3 Å². The summed E-state index contributed by atoms with van der Waals surface area (Å²) < 4.78 is 5.37. The Labute approximate surface area is 162 Å². The molecule has 1 amide bonds. The minimum absolute atomic E-state index is 0.00712. The predicted molar refractivity (Wildman–Crippen MR) is 102 cm³/mol. The van der Waals surface area contributed by atoms with Gasteiger partial charge in [0, 0.05) is 30.7 Å². The first-order chi connectivity index (χ1) is 13.0. The van der Waals surface area contributed by atoms with Crippen LogP contribution in [0.25, 0.3) is 0 Å². The third-order valence-electron chi connectivity index (χ3n) is 4.45. The summed E-state index contributed by atoms with van der Waals surface area (Å²) in [6.45, 7) is 3.46. The van der Waals surface area contributed by atoms with Crippen molar-refractivity contribution in [3.8, 4) is 0 Å². The van der Waals surface area contributed by atoms with Crippen LogP contribution in [-0.4, -0.2) is 48.6 Å². The molecule has 142 valence electrons. The highest BCUT2D eigenvalue weighted by Crippen LogP contribution is 2.24. The first-order valence-electron chi connectivity index (χ1n) is 8.64. The molecule has 1 aliphatic heterocycles. The molecule has 2 aromatic carbocycles. The lowest BCUT2D eigenvalue weighted by Crippen LogP contribution is -2.43. The number of hydrogen-bond acceptors (Lipinski definition) is 5. The molecule has 1 atom stereocenters. The van der Waals surface area contributed by atoms with Gasteiger partial charge in [-0.15, -0.1) is 0 Å². The maximum absolute atomic E-state index is 12.8. The zero-order chi connectivity index (χ0) is 19.2. The fourth-order valence-electron chi connectivity index (χ4n) is 3.05. The number of carbonyl (C=O) groups is 1. The smallest absolute Gasteiger partial charge is 0.283 e. The van der Waals surface area contributed by atoms with Crippen LogP contribution in [0.3, 0.4) is 0 Å². The van der Waals surface area contributed by atoms with Crippen molar-refractivity contribution in [3.05, 3.63) is 74.8 Å². The SMILES string of the molecule is O=C(N[C@H](CN1CCOCC1)c1ccccc1)c1ccc(Cl)cc1[N+](=O)[O-]. The topological polar surface area (TPSA) is 84.7 Å². The van der Waals surface area contributed by atoms with Crippen LogP contribution in [0.5, 0.6) is 0 Å². The van der Waals surface area contributed by atoms with Gasteiger partial charge in [-0.1, -0.05) is 41.9 Å². The maximum atomic E-state index is 12.8. The van der Waals surface area contributed by atoms with Crippen molar-refractivity contribution in [3.63, 3.8) is 0 Å². The van der Waals surface area contributed by atoms with Gasteiger partial charge in [-0.2, -0.15) is 0 Å². The minimum Gasteiger partial charge on any atom is -0.379 e. The monoisotopic (exact) mass is 389 g/mol. The highest BCUT2D eigenvalue weighted by Gasteiger charge is 2.25. The molecule has 0 radical (unpaired) electrons. The highest BCUT2D eigenvalue weighted by atomic mass is 35.5. The van der Waals surface area contributed by atoms with Crippen LogP contribution in [0, 0.1) is 10.1 Å². The van der Waals surface area contributed by atoms with Crippen LogP contribution < -0.4 is 5.32 Å². The number of nitrogens with zero attached hydrogens (tertiary/aromatic N) is 2. The van der Waals surface area contributed by atoms with Crippen molar-refractivity contribution in [1.29, 1.82) is 0 Å². The lowest BCUT2D eigenvalue weighted by Gasteiger charge is -2.31. The van der Waals surface area contributed by atoms with E-state index in [0.717, 1.165) is 18.7 Å². The largest absolute Gasteiger partial charge is 0.379 e. The standard InChI is InChI=1S/C19H20ClN3O4/c20-15-6-7-16(18(12-15)23(25)26)19(24)21-17(14-4-2-1-3-5-14)13-22-8-10-27-11-9-22/h1-7,12,17H,8-11,13H2,(H,21,24)/t17-/m1/s1. The second kappa shape index (κ2) is 8.94. The Balaban J connectivity index is 1.83. The van der Waals surface area contributed by atoms with Crippen molar-refractivity contribution < 1.29 is 14.5 Å². The average Bonchev–Trinajstić information content (AvgIpc) is 2.68. The van der Waals surface area contributed by atoms with E-state index in [4.69, 9.17) is 16.3 Å². The summed E-state index contributed by atoms with van der Waals surface area (Å²) in [6.07, 6.45) is 0. The molecule has 1 heterocycles. The Kier molecular flexibility index (Phi) is 6.39. The van der Waals surface area contributed by atoms with Crippen LogP contribution in [0.2, 0.25) is 5.02 Å². The van der Waals surface area contributed by atoms with Crippen LogP contribution in [0.4, 0.5) is 5.69 Å². The molecule has 1 fully saturated rings. The van der Waals surface area contributed by atoms with Gasteiger partial charge in [0.2, 0.25) is 0 Å². The number of hydrogen-bond donors (Lipinski definition) is 1. The number of nitro groups is 1. The summed E-state index contributed by atoms with van der Waals surface area (Å²) in [4.78, 5) is 25.7. The molecule has 0 aliphatic carbocycles. The van der Waals surface area contributed by atoms with E-state index in [1.807, 2.05) is 30.3 Å². The lowest BCUT2D eigenvalue weighted by molar-refractivity contribution is -0.385. The molecular formula is C19H20ClN3O4. The van der Waals surface area contributed by atoms with E-state index >= 15 is 0 Å². The summed E-state index contributed by atoms with van der Waals surface area (Å²) in [5.74, 6) is -0.500. The van der Waals surface area contributed by atoms with Gasteiger partial charge in [0.15, 0.2) is 0 Å². The number of nitro benzene ring substituents is 1. The molecule has 0 aromatic heterocycles. The molecular weight excluding hydrogens is 370 g/mol. The molecule has 2 aromatic rings. The Morgan fingerprint density at radius 1 is 1.22 bits per heavy atom. The van der Waals surface area contributed by atoms with E-state index in [1.54, 1.807) is 0 Å². The van der Waals surface area contributed by atoms with Gasteiger partial charge in [-0.05, 0) is 17.7 Å². The van der Waals surface area contributed by atoms with Crippen molar-refractivity contribution in [2.75, 3.05) is 32.8 Å². The summed E-state index contributed by atoms with van der Waals surface area (Å²) in [5, 5.41) is 14.5. The van der Waals surface area contributed by atoms with Gasteiger partial charge < -0.3 is 10.1 Å². The quantitative estimate of drug-likeness (QED) is 0.606. The molecule has 0 saturated carbocycles. The first-order valence-corrected chi connectivity index (χ1v) is 9.02. The zero-order valence-electron chi connectivity index (χ0n) is 14.6. The molecule has 0 bridgehead atoms. The Bertz CT molecular complexity index is 810. The summed E-state index contributed by atoms with van der Waals surface area (Å²) in [7, 11) is 0. The van der Waals surface area contributed by atoms with E-state index in [1.165, 1.54) is 18.2 Å². The normalized spacial score (nSPS) is 15.9. The maximum Gasteiger partial charge on any atom is 0.283 e. The molecule has 7 nitrogen and oxygen atoms in total. The Hall–Kier alpha value is -2.48. The predicted octanol–water partition coefficient (Wildman–Crippen LogP) is 3.05. The van der Waals surface area contributed by atoms with E-state index in [9.17, 15) is 14.9 Å². The number of halogens is 1. The van der Waals surface area contributed by atoms with Gasteiger partial charge >= 0.3 is 0 Å². The molecule has 0 unspecified atom stereocenters. The van der Waals surface area contributed by atoms with Gasteiger partial charge in [0.25, 0.3) is 11.6 Å². The molecule has 0 spiro atoms. The molecule has 1 aliphatic rings.